The number of anilines is 1. The third kappa shape index (κ3) is 3.32. The number of piperidine rings is 1. The van der Waals surface area contributed by atoms with Gasteiger partial charge in [0.2, 0.25) is 11.6 Å². The molecule has 2 saturated heterocycles. The Morgan fingerprint density at radius 2 is 2.00 bits per heavy atom. The molecule has 0 aliphatic carbocycles. The van der Waals surface area contributed by atoms with Crippen molar-refractivity contribution in [2.24, 2.45) is 5.92 Å². The molecule has 1 unspecified atom stereocenters. The lowest BCUT2D eigenvalue weighted by atomic mass is 9.89. The molecule has 0 aromatic carbocycles. The first-order valence-corrected chi connectivity index (χ1v) is 9.90. The number of oxazole rings is 1. The number of carbonyl (C=O) groups excluding carboxylic acids is 1. The molecule has 7 heteroatoms. The summed E-state index contributed by atoms with van der Waals surface area (Å²) in [7, 11) is 0. The molecule has 0 spiro atoms. The van der Waals surface area contributed by atoms with Gasteiger partial charge in [0.25, 0.3) is 6.01 Å². The summed E-state index contributed by atoms with van der Waals surface area (Å²) in [6.07, 6.45) is 8.07. The second kappa shape index (κ2) is 7.22. The van der Waals surface area contributed by atoms with Gasteiger partial charge in [0, 0.05) is 57.1 Å². The average Bonchev–Trinajstić information content (AvgIpc) is 3.12. The molecule has 5 rings (SSSR count). The summed E-state index contributed by atoms with van der Waals surface area (Å²) >= 11 is 0. The molecule has 0 bridgehead atoms. The number of hydrogen-bond donors (Lipinski definition) is 0. The van der Waals surface area contributed by atoms with Gasteiger partial charge in [-0.05, 0) is 48.6 Å². The minimum absolute atomic E-state index is 0.261. The summed E-state index contributed by atoms with van der Waals surface area (Å²) in [5.41, 5.74) is 2.62. The van der Waals surface area contributed by atoms with E-state index < -0.39 is 0 Å². The zero-order chi connectivity index (χ0) is 18.9. The minimum Gasteiger partial charge on any atom is -0.422 e. The number of amides is 1. The van der Waals surface area contributed by atoms with Gasteiger partial charge in [-0.25, -0.2) is 4.98 Å². The van der Waals surface area contributed by atoms with Gasteiger partial charge in [-0.1, -0.05) is 0 Å². The fourth-order valence-electron chi connectivity index (χ4n) is 4.20. The predicted octanol–water partition coefficient (Wildman–Crippen LogP) is 2.85. The Balaban J connectivity index is 1.17. The summed E-state index contributed by atoms with van der Waals surface area (Å²) < 4.78 is 5.86. The van der Waals surface area contributed by atoms with Crippen LogP contribution in [-0.4, -0.2) is 51.9 Å². The Morgan fingerprint density at radius 3 is 2.82 bits per heavy atom. The zero-order valence-electron chi connectivity index (χ0n) is 15.7. The Hall–Kier alpha value is -2.96. The molecule has 2 fully saturated rings. The van der Waals surface area contributed by atoms with Gasteiger partial charge in [-0.2, -0.15) is 4.98 Å². The maximum absolute atomic E-state index is 12.7. The number of likely N-dealkylation sites (tertiary alicyclic amines) is 1. The van der Waals surface area contributed by atoms with Crippen LogP contribution >= 0.6 is 0 Å². The molecule has 5 heterocycles. The van der Waals surface area contributed by atoms with E-state index in [1.807, 2.05) is 41.6 Å². The van der Waals surface area contributed by atoms with Crippen LogP contribution in [0.3, 0.4) is 0 Å². The number of aromatic nitrogens is 3. The van der Waals surface area contributed by atoms with E-state index in [4.69, 9.17) is 4.42 Å². The highest BCUT2D eigenvalue weighted by Crippen LogP contribution is 2.30. The van der Waals surface area contributed by atoms with Gasteiger partial charge in [-0.15, -0.1) is 0 Å². The van der Waals surface area contributed by atoms with Crippen molar-refractivity contribution in [2.45, 2.75) is 25.2 Å². The van der Waals surface area contributed by atoms with E-state index in [0.717, 1.165) is 39.0 Å². The Kier molecular flexibility index (Phi) is 4.43. The van der Waals surface area contributed by atoms with Gasteiger partial charge in [-0.3, -0.25) is 9.78 Å². The van der Waals surface area contributed by atoms with Crippen molar-refractivity contribution >= 4 is 23.2 Å². The van der Waals surface area contributed by atoms with Gasteiger partial charge in [0.05, 0.1) is 0 Å². The lowest BCUT2D eigenvalue weighted by molar-refractivity contribution is -0.136. The molecule has 2 aliphatic heterocycles. The maximum Gasteiger partial charge on any atom is 0.299 e. The average molecular weight is 377 g/mol. The minimum atomic E-state index is 0.261. The standard InChI is InChI=1S/C21H23N5O2/c27-19(26-13-17(14-26)16-5-8-22-9-6-16)11-15-3-2-10-25(12-15)21-24-20-18(28-21)4-1-7-23-20/h1,4-9,15,17H,2-3,10-14H2. The van der Waals surface area contributed by atoms with Crippen molar-refractivity contribution in [1.29, 1.82) is 0 Å². The first-order valence-electron chi connectivity index (χ1n) is 9.90. The van der Waals surface area contributed by atoms with Crippen LogP contribution in [0.15, 0.2) is 47.3 Å². The van der Waals surface area contributed by atoms with Crippen molar-refractivity contribution < 1.29 is 9.21 Å². The van der Waals surface area contributed by atoms with Crippen molar-refractivity contribution in [3.63, 3.8) is 0 Å². The molecule has 28 heavy (non-hydrogen) atoms. The van der Waals surface area contributed by atoms with E-state index in [1.165, 1.54) is 5.56 Å². The van der Waals surface area contributed by atoms with E-state index in [-0.39, 0.29) is 5.91 Å². The molecule has 0 saturated carbocycles. The van der Waals surface area contributed by atoms with Crippen LogP contribution in [0.4, 0.5) is 6.01 Å². The van der Waals surface area contributed by atoms with Crippen LogP contribution in [0.1, 0.15) is 30.7 Å². The van der Waals surface area contributed by atoms with E-state index >= 15 is 0 Å². The summed E-state index contributed by atoms with van der Waals surface area (Å²) in [5, 5.41) is 0. The largest absolute Gasteiger partial charge is 0.422 e. The van der Waals surface area contributed by atoms with E-state index in [9.17, 15) is 4.79 Å². The number of carbonyl (C=O) groups is 1. The Labute approximate surface area is 163 Å². The molecule has 7 nitrogen and oxygen atoms in total. The molecule has 1 amide bonds. The number of hydrogen-bond acceptors (Lipinski definition) is 6. The number of nitrogens with zero attached hydrogens (tertiary/aromatic N) is 5. The first-order chi connectivity index (χ1) is 13.8. The van der Waals surface area contributed by atoms with Crippen LogP contribution in [0.25, 0.3) is 11.2 Å². The molecule has 0 radical (unpaired) electrons. The highest BCUT2D eigenvalue weighted by Gasteiger charge is 2.33. The van der Waals surface area contributed by atoms with E-state index in [2.05, 4.69) is 19.9 Å². The molecule has 3 aromatic rings. The Bertz CT molecular complexity index is 934. The fraction of sp³-hybridized carbons (Fsp3) is 0.429. The van der Waals surface area contributed by atoms with Gasteiger partial charge >= 0.3 is 0 Å². The monoisotopic (exact) mass is 377 g/mol. The molecule has 0 N–H and O–H groups in total. The molecule has 2 aliphatic rings. The number of fused-ring (bicyclic) bond motifs is 1. The summed E-state index contributed by atoms with van der Waals surface area (Å²) in [4.78, 5) is 29.6. The van der Waals surface area contributed by atoms with Gasteiger partial charge < -0.3 is 14.2 Å². The second-order valence-electron chi connectivity index (χ2n) is 7.76. The topological polar surface area (TPSA) is 75.4 Å². The summed E-state index contributed by atoms with van der Waals surface area (Å²) in [5.74, 6) is 1.04. The fourth-order valence-corrected chi connectivity index (χ4v) is 4.20. The third-order valence-corrected chi connectivity index (χ3v) is 5.82. The lowest BCUT2D eigenvalue weighted by Gasteiger charge is -2.41. The number of pyridine rings is 2. The highest BCUT2D eigenvalue weighted by molar-refractivity contribution is 5.77. The van der Waals surface area contributed by atoms with Gasteiger partial charge in [0.1, 0.15) is 0 Å². The van der Waals surface area contributed by atoms with Crippen LogP contribution in [0.2, 0.25) is 0 Å². The van der Waals surface area contributed by atoms with Crippen LogP contribution in [-0.2, 0) is 4.79 Å². The van der Waals surface area contributed by atoms with Crippen molar-refractivity contribution in [2.75, 3.05) is 31.1 Å². The SMILES string of the molecule is O=C(CC1CCCN(c2nc3ncccc3o2)C1)N1CC(c2ccncc2)C1. The summed E-state index contributed by atoms with van der Waals surface area (Å²) in [6, 6.07) is 8.43. The molecular weight excluding hydrogens is 354 g/mol. The van der Waals surface area contributed by atoms with Crippen LogP contribution in [0, 0.1) is 5.92 Å². The summed E-state index contributed by atoms with van der Waals surface area (Å²) in [6.45, 7) is 3.34. The molecule has 1 atom stereocenters. The van der Waals surface area contributed by atoms with Crippen molar-refractivity contribution in [3.05, 3.63) is 48.4 Å². The predicted molar refractivity (Wildman–Crippen MR) is 105 cm³/mol. The second-order valence-corrected chi connectivity index (χ2v) is 7.76. The normalized spacial score (nSPS) is 20.4. The van der Waals surface area contributed by atoms with Crippen molar-refractivity contribution in [1.82, 2.24) is 19.9 Å². The molecular formula is C21H23N5O2. The van der Waals surface area contributed by atoms with Gasteiger partial charge in [0.15, 0.2) is 5.58 Å². The first kappa shape index (κ1) is 17.2. The molecule has 3 aromatic heterocycles. The van der Waals surface area contributed by atoms with Crippen LogP contribution < -0.4 is 4.90 Å². The highest BCUT2D eigenvalue weighted by atomic mass is 16.4. The smallest absolute Gasteiger partial charge is 0.299 e. The maximum atomic E-state index is 12.7. The van der Waals surface area contributed by atoms with E-state index in [1.54, 1.807) is 6.20 Å². The third-order valence-electron chi connectivity index (χ3n) is 5.82. The van der Waals surface area contributed by atoms with Crippen LogP contribution in [0.5, 0.6) is 0 Å². The number of rotatable bonds is 4. The quantitative estimate of drug-likeness (QED) is 0.696. The lowest BCUT2D eigenvalue weighted by Crippen LogP contribution is -2.49. The van der Waals surface area contributed by atoms with Crippen molar-refractivity contribution in [3.8, 4) is 0 Å². The zero-order valence-corrected chi connectivity index (χ0v) is 15.7. The molecule has 144 valence electrons. The van der Waals surface area contributed by atoms with E-state index in [0.29, 0.717) is 35.5 Å². The Morgan fingerprint density at radius 1 is 1.14 bits per heavy atom.